The van der Waals surface area contributed by atoms with Crippen molar-refractivity contribution in [2.45, 2.75) is 44.2 Å². The van der Waals surface area contributed by atoms with Gasteiger partial charge in [0.25, 0.3) is 0 Å². The molecule has 1 aliphatic rings. The highest BCUT2D eigenvalue weighted by Gasteiger charge is 2.37. The highest BCUT2D eigenvalue weighted by atomic mass is 79.9. The highest BCUT2D eigenvalue weighted by Crippen LogP contribution is 2.37. The Morgan fingerprint density at radius 1 is 1.29 bits per heavy atom. The van der Waals surface area contributed by atoms with Crippen molar-refractivity contribution in [3.8, 4) is 17.2 Å². The summed E-state index contributed by atoms with van der Waals surface area (Å²) >= 11 is 3.40. The van der Waals surface area contributed by atoms with E-state index in [1.54, 1.807) is 33.3 Å². The summed E-state index contributed by atoms with van der Waals surface area (Å²) in [6.45, 7) is 2.13. The van der Waals surface area contributed by atoms with Gasteiger partial charge in [-0.2, -0.15) is 0 Å². The van der Waals surface area contributed by atoms with Gasteiger partial charge in [-0.25, -0.2) is 0 Å². The molecule has 1 saturated carbocycles. The smallest absolute Gasteiger partial charge is 0.323 e. The van der Waals surface area contributed by atoms with Crippen LogP contribution in [0.3, 0.4) is 0 Å². The number of aliphatic carboxylic acids is 1. The normalized spacial score (nSPS) is 16.3. The Labute approximate surface area is 150 Å². The second-order valence-corrected chi connectivity index (χ2v) is 7.00. The first-order valence-corrected chi connectivity index (χ1v) is 8.74. The van der Waals surface area contributed by atoms with Crippen molar-refractivity contribution < 1.29 is 24.1 Å². The molecule has 1 unspecified atom stereocenters. The fourth-order valence-electron chi connectivity index (χ4n) is 2.47. The molecule has 2 rings (SSSR count). The van der Waals surface area contributed by atoms with Crippen LogP contribution < -0.4 is 19.5 Å². The Balaban J connectivity index is 1.92. The standard InChI is InChI=1S/C17H24BrNO5/c1-17(16(20)21,19-11-5-6-11)7-4-8-24-15-10-13(22-2)12(18)9-14(15)23-3/h9-11,19H,4-8H2,1-3H3,(H,20,21). The van der Waals surface area contributed by atoms with E-state index in [4.69, 9.17) is 14.2 Å². The van der Waals surface area contributed by atoms with Gasteiger partial charge in [0, 0.05) is 18.2 Å². The highest BCUT2D eigenvalue weighted by molar-refractivity contribution is 9.10. The van der Waals surface area contributed by atoms with Crippen LogP contribution in [0.1, 0.15) is 32.6 Å². The summed E-state index contributed by atoms with van der Waals surface area (Å²) in [7, 11) is 3.15. The molecule has 0 saturated heterocycles. The third-order valence-electron chi connectivity index (χ3n) is 4.09. The van der Waals surface area contributed by atoms with Gasteiger partial charge in [-0.1, -0.05) is 0 Å². The van der Waals surface area contributed by atoms with E-state index >= 15 is 0 Å². The van der Waals surface area contributed by atoms with Crippen LogP contribution in [-0.4, -0.2) is 43.5 Å². The molecule has 0 amide bonds. The van der Waals surface area contributed by atoms with E-state index in [9.17, 15) is 9.90 Å². The summed E-state index contributed by atoms with van der Waals surface area (Å²) in [5, 5.41) is 12.7. The predicted molar refractivity (Wildman–Crippen MR) is 94.2 cm³/mol. The summed E-state index contributed by atoms with van der Waals surface area (Å²) < 4.78 is 17.1. The number of hydrogen-bond acceptors (Lipinski definition) is 5. The van der Waals surface area contributed by atoms with Crippen LogP contribution in [0, 0.1) is 0 Å². The van der Waals surface area contributed by atoms with Crippen LogP contribution in [0.15, 0.2) is 16.6 Å². The third-order valence-corrected chi connectivity index (χ3v) is 4.71. The number of carbonyl (C=O) groups is 1. The lowest BCUT2D eigenvalue weighted by Gasteiger charge is -2.26. The van der Waals surface area contributed by atoms with Crippen molar-refractivity contribution in [3.05, 3.63) is 16.6 Å². The summed E-state index contributed by atoms with van der Waals surface area (Å²) in [5.41, 5.74) is -0.911. The molecule has 134 valence electrons. The van der Waals surface area contributed by atoms with E-state index in [0.717, 1.165) is 17.3 Å². The molecule has 1 aliphatic carbocycles. The first-order chi connectivity index (χ1) is 11.4. The number of hydrogen-bond donors (Lipinski definition) is 2. The van der Waals surface area contributed by atoms with Crippen molar-refractivity contribution >= 4 is 21.9 Å². The van der Waals surface area contributed by atoms with Crippen molar-refractivity contribution in [2.75, 3.05) is 20.8 Å². The Kier molecular flexibility index (Phi) is 6.34. The van der Waals surface area contributed by atoms with Crippen molar-refractivity contribution in [1.29, 1.82) is 0 Å². The number of halogens is 1. The number of rotatable bonds is 10. The second-order valence-electron chi connectivity index (χ2n) is 6.15. The summed E-state index contributed by atoms with van der Waals surface area (Å²) in [6.07, 6.45) is 3.21. The Morgan fingerprint density at radius 3 is 2.50 bits per heavy atom. The van der Waals surface area contributed by atoms with E-state index in [1.807, 2.05) is 0 Å². The number of carboxylic acids is 1. The molecule has 6 nitrogen and oxygen atoms in total. The molecule has 0 spiro atoms. The van der Waals surface area contributed by atoms with Gasteiger partial charge in [0.05, 0.1) is 25.3 Å². The molecular weight excluding hydrogens is 378 g/mol. The molecule has 7 heteroatoms. The number of ether oxygens (including phenoxy) is 3. The first kappa shape index (κ1) is 18.9. The van der Waals surface area contributed by atoms with Crippen LogP contribution >= 0.6 is 15.9 Å². The molecule has 1 fully saturated rings. The van der Waals surface area contributed by atoms with Gasteiger partial charge < -0.3 is 19.3 Å². The maximum absolute atomic E-state index is 11.5. The first-order valence-electron chi connectivity index (χ1n) is 7.95. The van der Waals surface area contributed by atoms with Crippen LogP contribution in [0.4, 0.5) is 0 Å². The van der Waals surface area contributed by atoms with Crippen molar-refractivity contribution in [1.82, 2.24) is 5.32 Å². The molecule has 0 aromatic heterocycles. The number of carboxylic acid groups (broad SMARTS) is 1. The quantitative estimate of drug-likeness (QED) is 0.586. The topological polar surface area (TPSA) is 77.0 Å². The molecular formula is C17H24BrNO5. The van der Waals surface area contributed by atoms with Crippen molar-refractivity contribution in [2.24, 2.45) is 0 Å². The zero-order valence-corrected chi connectivity index (χ0v) is 15.8. The lowest BCUT2D eigenvalue weighted by Crippen LogP contribution is -2.50. The minimum Gasteiger partial charge on any atom is -0.495 e. The number of methoxy groups -OCH3 is 2. The molecule has 0 aliphatic heterocycles. The molecule has 1 aromatic carbocycles. The second kappa shape index (κ2) is 8.07. The fraction of sp³-hybridized carbons (Fsp3) is 0.588. The van der Waals surface area contributed by atoms with Crippen molar-refractivity contribution in [3.63, 3.8) is 0 Å². The largest absolute Gasteiger partial charge is 0.495 e. The monoisotopic (exact) mass is 401 g/mol. The summed E-state index contributed by atoms with van der Waals surface area (Å²) in [6, 6.07) is 3.87. The molecule has 0 heterocycles. The van der Waals surface area contributed by atoms with E-state index in [1.165, 1.54) is 0 Å². The number of benzene rings is 1. The summed E-state index contributed by atoms with van der Waals surface area (Å²) in [4.78, 5) is 11.5. The van der Waals surface area contributed by atoms with E-state index < -0.39 is 11.5 Å². The zero-order valence-electron chi connectivity index (χ0n) is 14.2. The number of nitrogens with one attached hydrogen (secondary N) is 1. The van der Waals surface area contributed by atoms with Crippen LogP contribution in [0.2, 0.25) is 0 Å². The van der Waals surface area contributed by atoms with E-state index in [0.29, 0.717) is 42.7 Å². The van der Waals surface area contributed by atoms with Crippen LogP contribution in [-0.2, 0) is 4.79 Å². The average molecular weight is 402 g/mol. The van der Waals surface area contributed by atoms with Gasteiger partial charge in [-0.15, -0.1) is 0 Å². The Bertz CT molecular complexity index is 591. The molecule has 0 bridgehead atoms. The van der Waals surface area contributed by atoms with Crippen LogP contribution in [0.25, 0.3) is 0 Å². The molecule has 24 heavy (non-hydrogen) atoms. The minimum atomic E-state index is -0.911. The fourth-order valence-corrected chi connectivity index (χ4v) is 2.96. The molecule has 1 atom stereocenters. The molecule has 2 N–H and O–H groups in total. The maximum atomic E-state index is 11.5. The zero-order chi connectivity index (χ0) is 17.7. The van der Waals surface area contributed by atoms with Gasteiger partial charge in [-0.3, -0.25) is 10.1 Å². The van der Waals surface area contributed by atoms with Gasteiger partial charge in [0.1, 0.15) is 11.3 Å². The maximum Gasteiger partial charge on any atom is 0.323 e. The van der Waals surface area contributed by atoms with Gasteiger partial charge >= 0.3 is 5.97 Å². The van der Waals surface area contributed by atoms with Gasteiger partial charge in [-0.05, 0) is 48.5 Å². The SMILES string of the molecule is COc1cc(OCCCC(C)(NC2CC2)C(=O)O)c(OC)cc1Br. The Morgan fingerprint density at radius 2 is 1.96 bits per heavy atom. The third kappa shape index (κ3) is 4.77. The predicted octanol–water partition coefficient (Wildman–Crippen LogP) is 3.22. The lowest BCUT2D eigenvalue weighted by molar-refractivity contribution is -0.144. The van der Waals surface area contributed by atoms with Gasteiger partial charge in [0.15, 0.2) is 11.5 Å². The Hall–Kier alpha value is -1.47. The minimum absolute atomic E-state index is 0.336. The lowest BCUT2D eigenvalue weighted by atomic mass is 9.96. The van der Waals surface area contributed by atoms with E-state index in [-0.39, 0.29) is 0 Å². The average Bonchev–Trinajstić information content (AvgIpc) is 3.35. The molecule has 0 radical (unpaired) electrons. The van der Waals surface area contributed by atoms with Gasteiger partial charge in [0.2, 0.25) is 0 Å². The van der Waals surface area contributed by atoms with Crippen LogP contribution in [0.5, 0.6) is 17.2 Å². The van der Waals surface area contributed by atoms with E-state index in [2.05, 4.69) is 21.2 Å². The molecule has 1 aromatic rings. The summed E-state index contributed by atoms with van der Waals surface area (Å²) in [5.74, 6) is 0.998.